The number of para-hydroxylation sites is 1. The minimum atomic E-state index is -0.370. The minimum absolute atomic E-state index is 0.0369. The second-order valence-electron chi connectivity index (χ2n) is 8.66. The van der Waals surface area contributed by atoms with Crippen molar-refractivity contribution in [2.75, 3.05) is 6.61 Å². The highest BCUT2D eigenvalue weighted by Crippen LogP contribution is 2.44. The molecule has 3 aromatic carbocycles. The topological polar surface area (TPSA) is 41.9 Å². The lowest BCUT2D eigenvalue weighted by molar-refractivity contribution is -0.135. The largest absolute Gasteiger partial charge is 0.482 e. The third kappa shape index (κ3) is 4.98. The van der Waals surface area contributed by atoms with E-state index in [4.69, 9.17) is 21.4 Å². The molecule has 3 aromatic rings. The van der Waals surface area contributed by atoms with E-state index in [1.807, 2.05) is 6.08 Å². The molecule has 0 saturated heterocycles. The van der Waals surface area contributed by atoms with Crippen LogP contribution in [0.25, 0.3) is 6.08 Å². The molecule has 178 valence electrons. The molecule has 1 heterocycles. The third-order valence-electron chi connectivity index (χ3n) is 6.37. The van der Waals surface area contributed by atoms with Crippen molar-refractivity contribution in [1.29, 1.82) is 0 Å². The quantitative estimate of drug-likeness (QED) is 0.392. The van der Waals surface area contributed by atoms with Gasteiger partial charge in [-0.25, -0.2) is 13.8 Å². The summed E-state index contributed by atoms with van der Waals surface area (Å²) in [5, 5.41) is 6.66. The fourth-order valence-corrected chi connectivity index (χ4v) is 4.92. The Kier molecular flexibility index (Phi) is 6.64. The van der Waals surface area contributed by atoms with E-state index >= 15 is 0 Å². The van der Waals surface area contributed by atoms with Gasteiger partial charge in [0.15, 0.2) is 6.61 Å². The van der Waals surface area contributed by atoms with Crippen molar-refractivity contribution in [1.82, 2.24) is 5.01 Å². The van der Waals surface area contributed by atoms with Crippen molar-refractivity contribution < 1.29 is 18.3 Å². The molecule has 5 rings (SSSR count). The van der Waals surface area contributed by atoms with Crippen molar-refractivity contribution in [3.05, 3.63) is 106 Å². The summed E-state index contributed by atoms with van der Waals surface area (Å²) in [5.41, 5.74) is 3.53. The number of ether oxygens (including phenoxy) is 1. The van der Waals surface area contributed by atoms with Crippen molar-refractivity contribution in [3.8, 4) is 5.75 Å². The van der Waals surface area contributed by atoms with E-state index in [1.54, 1.807) is 48.5 Å². The van der Waals surface area contributed by atoms with Crippen molar-refractivity contribution >= 4 is 29.3 Å². The van der Waals surface area contributed by atoms with Gasteiger partial charge in [-0.2, -0.15) is 5.10 Å². The van der Waals surface area contributed by atoms with E-state index < -0.39 is 0 Å². The Bertz CT molecular complexity index is 1290. The Morgan fingerprint density at radius 2 is 1.71 bits per heavy atom. The zero-order valence-corrected chi connectivity index (χ0v) is 19.6. The fourth-order valence-electron chi connectivity index (χ4n) is 4.73. The molecule has 0 spiro atoms. The molecule has 1 aliphatic carbocycles. The lowest BCUT2D eigenvalue weighted by Crippen LogP contribution is -2.34. The van der Waals surface area contributed by atoms with Gasteiger partial charge in [0.1, 0.15) is 17.4 Å². The average molecular weight is 493 g/mol. The van der Waals surface area contributed by atoms with Crippen molar-refractivity contribution in [2.24, 2.45) is 11.0 Å². The van der Waals surface area contributed by atoms with Gasteiger partial charge in [0, 0.05) is 5.92 Å². The number of fused-ring (bicyclic) bond motifs is 1. The molecule has 1 fully saturated rings. The van der Waals surface area contributed by atoms with Crippen LogP contribution in [0.3, 0.4) is 0 Å². The maximum Gasteiger partial charge on any atom is 0.281 e. The molecular weight excluding hydrogens is 470 g/mol. The summed E-state index contributed by atoms with van der Waals surface area (Å²) in [4.78, 5) is 13.3. The van der Waals surface area contributed by atoms with Crippen LogP contribution in [0.2, 0.25) is 5.02 Å². The lowest BCUT2D eigenvalue weighted by atomic mass is 9.77. The summed E-state index contributed by atoms with van der Waals surface area (Å²) < 4.78 is 32.7. The maximum absolute atomic E-state index is 13.7. The number of allylic oxidation sites excluding steroid dienone is 1. The highest BCUT2D eigenvalue weighted by molar-refractivity contribution is 6.32. The second-order valence-corrected chi connectivity index (χ2v) is 9.07. The first-order valence-corrected chi connectivity index (χ1v) is 11.9. The third-order valence-corrected chi connectivity index (χ3v) is 6.68. The van der Waals surface area contributed by atoms with E-state index in [0.29, 0.717) is 10.8 Å². The Balaban J connectivity index is 1.47. The Hall–Kier alpha value is -3.51. The van der Waals surface area contributed by atoms with Gasteiger partial charge in [-0.3, -0.25) is 4.79 Å². The first kappa shape index (κ1) is 23.2. The highest BCUT2D eigenvalue weighted by atomic mass is 35.5. The molecule has 0 bridgehead atoms. The zero-order chi connectivity index (χ0) is 24.4. The Labute approximate surface area is 207 Å². The molecular formula is C28H23ClF2N2O2. The Morgan fingerprint density at radius 1 is 1.03 bits per heavy atom. The molecule has 0 unspecified atom stereocenters. The molecule has 1 aliphatic heterocycles. The molecule has 7 heteroatoms. The monoisotopic (exact) mass is 492 g/mol. The zero-order valence-electron chi connectivity index (χ0n) is 18.8. The SMILES string of the molecule is O=C(COc1ccccc1Cl)N1N=C2/C(=C\c3ccc(F)cc3)CCC[C@H]2[C@H]1c1ccc(F)cc1. The summed E-state index contributed by atoms with van der Waals surface area (Å²) in [7, 11) is 0. The van der Waals surface area contributed by atoms with Gasteiger partial charge in [0.2, 0.25) is 0 Å². The van der Waals surface area contributed by atoms with Crippen LogP contribution < -0.4 is 4.74 Å². The maximum atomic E-state index is 13.7. The van der Waals surface area contributed by atoms with Gasteiger partial charge < -0.3 is 4.74 Å². The smallest absolute Gasteiger partial charge is 0.281 e. The van der Waals surface area contributed by atoms with E-state index in [0.717, 1.165) is 41.7 Å². The molecule has 0 radical (unpaired) electrons. The number of hydrogen-bond acceptors (Lipinski definition) is 3. The van der Waals surface area contributed by atoms with Gasteiger partial charge in [0.05, 0.1) is 16.8 Å². The van der Waals surface area contributed by atoms with Gasteiger partial charge in [-0.05, 0) is 78.4 Å². The number of benzene rings is 3. The lowest BCUT2D eigenvalue weighted by Gasteiger charge is -2.29. The first-order chi connectivity index (χ1) is 17.0. The molecule has 35 heavy (non-hydrogen) atoms. The normalized spacial score (nSPS) is 20.5. The van der Waals surface area contributed by atoms with Gasteiger partial charge in [-0.15, -0.1) is 0 Å². The predicted octanol–water partition coefficient (Wildman–Crippen LogP) is 6.82. The van der Waals surface area contributed by atoms with Crippen LogP contribution in [-0.2, 0) is 4.79 Å². The first-order valence-electron chi connectivity index (χ1n) is 11.5. The predicted molar refractivity (Wildman–Crippen MR) is 132 cm³/mol. The number of nitrogens with zero attached hydrogens (tertiary/aromatic N) is 2. The number of halogens is 3. The molecule has 2 atom stereocenters. The standard InChI is InChI=1S/C28H23ClF2N2O2/c29-24-6-1-2-7-25(24)35-17-26(34)33-28(19-10-14-22(31)15-11-19)23-5-3-4-20(27(23)32-33)16-18-8-12-21(30)13-9-18/h1-2,6-16,23,28H,3-5,17H2/b20-16-/t23-,28-/m1/s1. The molecule has 2 aliphatic rings. The molecule has 0 N–H and O–H groups in total. The van der Waals surface area contributed by atoms with Crippen LogP contribution in [0.5, 0.6) is 5.75 Å². The minimum Gasteiger partial charge on any atom is -0.482 e. The number of carbonyl (C=O) groups is 1. The van der Waals surface area contributed by atoms with Gasteiger partial charge >= 0.3 is 0 Å². The van der Waals surface area contributed by atoms with Crippen LogP contribution in [0, 0.1) is 17.6 Å². The molecule has 1 amide bonds. The number of rotatable bonds is 5. The Morgan fingerprint density at radius 3 is 2.43 bits per heavy atom. The number of amides is 1. The summed E-state index contributed by atoms with van der Waals surface area (Å²) in [5.74, 6) is -0.568. The molecule has 0 aromatic heterocycles. The van der Waals surface area contributed by atoms with Crippen molar-refractivity contribution in [2.45, 2.75) is 25.3 Å². The highest BCUT2D eigenvalue weighted by Gasteiger charge is 2.43. The van der Waals surface area contributed by atoms with E-state index in [2.05, 4.69) is 0 Å². The van der Waals surface area contributed by atoms with Gasteiger partial charge in [-0.1, -0.05) is 48.0 Å². The number of hydrazone groups is 1. The fraction of sp³-hybridized carbons (Fsp3) is 0.214. The van der Waals surface area contributed by atoms with Crippen LogP contribution in [0.4, 0.5) is 8.78 Å². The van der Waals surface area contributed by atoms with Crippen molar-refractivity contribution in [3.63, 3.8) is 0 Å². The number of carbonyl (C=O) groups excluding carboxylic acids is 1. The summed E-state index contributed by atoms with van der Waals surface area (Å²) in [6.45, 7) is -0.234. The van der Waals surface area contributed by atoms with Crippen LogP contribution >= 0.6 is 11.6 Å². The summed E-state index contributed by atoms with van der Waals surface area (Å²) in [6, 6.07) is 19.1. The van der Waals surface area contributed by atoms with Gasteiger partial charge in [0.25, 0.3) is 5.91 Å². The summed E-state index contributed by atoms with van der Waals surface area (Å²) >= 11 is 6.17. The summed E-state index contributed by atoms with van der Waals surface area (Å²) in [6.07, 6.45) is 4.57. The average Bonchev–Trinajstić information content (AvgIpc) is 3.26. The van der Waals surface area contributed by atoms with E-state index in [9.17, 15) is 13.6 Å². The van der Waals surface area contributed by atoms with E-state index in [1.165, 1.54) is 29.3 Å². The van der Waals surface area contributed by atoms with Crippen LogP contribution in [-0.4, -0.2) is 23.2 Å². The molecule has 4 nitrogen and oxygen atoms in total. The van der Waals surface area contributed by atoms with Crippen LogP contribution in [0.15, 0.2) is 83.5 Å². The number of hydrogen-bond donors (Lipinski definition) is 0. The second kappa shape index (κ2) is 10.0. The molecule has 1 saturated carbocycles. The van der Waals surface area contributed by atoms with E-state index in [-0.39, 0.29) is 36.1 Å². The van der Waals surface area contributed by atoms with Crippen LogP contribution in [0.1, 0.15) is 36.4 Å².